The normalized spacial score (nSPS) is 15.7. The van der Waals surface area contributed by atoms with Crippen LogP contribution in [0.4, 0.5) is 5.69 Å². The smallest absolute Gasteiger partial charge is 0.274 e. The number of carbonyl (C=O) groups excluding carboxylic acids is 2. The molecule has 18 heavy (non-hydrogen) atoms. The molecule has 7 heteroatoms. The van der Waals surface area contributed by atoms with E-state index in [1.54, 1.807) is 11.6 Å². The third kappa shape index (κ3) is 2.03. The number of aryl methyl sites for hydroxylation is 2. The Labute approximate surface area is 105 Å². The molecule has 0 bridgehead atoms. The van der Waals surface area contributed by atoms with Crippen molar-refractivity contribution in [3.8, 4) is 0 Å². The minimum absolute atomic E-state index is 0.0756. The summed E-state index contributed by atoms with van der Waals surface area (Å²) in [5.41, 5.74) is 7.31. The van der Waals surface area contributed by atoms with Gasteiger partial charge in [0, 0.05) is 19.6 Å². The van der Waals surface area contributed by atoms with Crippen molar-refractivity contribution in [1.29, 1.82) is 0 Å². The van der Waals surface area contributed by atoms with E-state index in [0.717, 1.165) is 0 Å². The minimum Gasteiger partial charge on any atom is -0.395 e. The number of nitrogens with one attached hydrogen (secondary N) is 1. The number of nitrogen functional groups attached to an aromatic ring is 1. The highest BCUT2D eigenvalue weighted by Crippen LogP contribution is 2.18. The highest BCUT2D eigenvalue weighted by molar-refractivity contribution is 6.00. The van der Waals surface area contributed by atoms with Crippen LogP contribution >= 0.6 is 0 Å². The number of piperazine rings is 1. The van der Waals surface area contributed by atoms with Crippen LogP contribution in [-0.2, 0) is 11.3 Å². The zero-order chi connectivity index (χ0) is 13.3. The van der Waals surface area contributed by atoms with Crippen molar-refractivity contribution >= 4 is 17.5 Å². The summed E-state index contributed by atoms with van der Waals surface area (Å²) in [5, 5.41) is 6.89. The van der Waals surface area contributed by atoms with Gasteiger partial charge in [-0.2, -0.15) is 5.10 Å². The fourth-order valence-corrected chi connectivity index (χ4v) is 2.01. The van der Waals surface area contributed by atoms with Gasteiger partial charge in [-0.25, -0.2) is 0 Å². The van der Waals surface area contributed by atoms with E-state index in [4.69, 9.17) is 5.73 Å². The van der Waals surface area contributed by atoms with Crippen LogP contribution in [0.15, 0.2) is 0 Å². The zero-order valence-corrected chi connectivity index (χ0v) is 10.6. The third-order valence-electron chi connectivity index (χ3n) is 3.00. The lowest BCUT2D eigenvalue weighted by molar-refractivity contribution is -0.123. The number of amides is 2. The molecule has 0 saturated carbocycles. The van der Waals surface area contributed by atoms with Gasteiger partial charge < -0.3 is 16.0 Å². The van der Waals surface area contributed by atoms with Crippen molar-refractivity contribution < 1.29 is 9.59 Å². The summed E-state index contributed by atoms with van der Waals surface area (Å²) in [6.07, 6.45) is 0. The molecule has 2 heterocycles. The van der Waals surface area contributed by atoms with Gasteiger partial charge >= 0.3 is 0 Å². The van der Waals surface area contributed by atoms with Gasteiger partial charge in [0.1, 0.15) is 5.69 Å². The predicted octanol–water partition coefficient (Wildman–Crippen LogP) is -0.634. The average Bonchev–Trinajstić information content (AvgIpc) is 2.64. The van der Waals surface area contributed by atoms with Crippen LogP contribution in [-0.4, -0.2) is 46.1 Å². The minimum atomic E-state index is -0.232. The number of hydrogen-bond donors (Lipinski definition) is 2. The number of hydrogen-bond acceptors (Lipinski definition) is 4. The Morgan fingerprint density at radius 2 is 2.28 bits per heavy atom. The highest BCUT2D eigenvalue weighted by Gasteiger charge is 2.27. The molecule has 1 saturated heterocycles. The average molecular weight is 251 g/mol. The molecule has 98 valence electrons. The van der Waals surface area contributed by atoms with Crippen molar-refractivity contribution in [3.05, 3.63) is 11.4 Å². The van der Waals surface area contributed by atoms with E-state index in [2.05, 4.69) is 10.4 Å². The first-order valence-corrected chi connectivity index (χ1v) is 5.93. The molecular formula is C11H17N5O2. The number of nitrogens with zero attached hydrogens (tertiary/aromatic N) is 3. The van der Waals surface area contributed by atoms with E-state index in [1.165, 1.54) is 4.90 Å². The Bertz CT molecular complexity index is 494. The summed E-state index contributed by atoms with van der Waals surface area (Å²) in [5.74, 6) is -0.378. The van der Waals surface area contributed by atoms with Crippen LogP contribution in [0, 0.1) is 6.92 Å². The standard InChI is InChI=1S/C11H17N5O2/c1-3-16-10(9(12)7(2)14-16)11(18)15-5-4-13-8(17)6-15/h3-6,12H2,1-2H3,(H,13,17). The molecule has 2 amide bonds. The molecule has 0 radical (unpaired) electrons. The number of aromatic nitrogens is 2. The van der Waals surface area contributed by atoms with Crippen LogP contribution in [0.25, 0.3) is 0 Å². The molecule has 1 fully saturated rings. The second-order valence-electron chi connectivity index (χ2n) is 4.24. The van der Waals surface area contributed by atoms with Gasteiger partial charge in [0.25, 0.3) is 5.91 Å². The van der Waals surface area contributed by atoms with Crippen LogP contribution in [0.2, 0.25) is 0 Å². The van der Waals surface area contributed by atoms with Crippen molar-refractivity contribution in [3.63, 3.8) is 0 Å². The molecular weight excluding hydrogens is 234 g/mol. The van der Waals surface area contributed by atoms with Gasteiger partial charge in [-0.3, -0.25) is 14.3 Å². The first-order chi connectivity index (χ1) is 8.54. The van der Waals surface area contributed by atoms with Crippen molar-refractivity contribution in [2.75, 3.05) is 25.4 Å². The monoisotopic (exact) mass is 251 g/mol. The fourth-order valence-electron chi connectivity index (χ4n) is 2.01. The first kappa shape index (κ1) is 12.4. The van der Waals surface area contributed by atoms with E-state index < -0.39 is 0 Å². The van der Waals surface area contributed by atoms with E-state index in [-0.39, 0.29) is 18.4 Å². The lowest BCUT2D eigenvalue weighted by Crippen LogP contribution is -2.50. The third-order valence-corrected chi connectivity index (χ3v) is 3.00. The topological polar surface area (TPSA) is 93.2 Å². The molecule has 1 aromatic heterocycles. The Morgan fingerprint density at radius 1 is 1.56 bits per heavy atom. The maximum Gasteiger partial charge on any atom is 0.274 e. The summed E-state index contributed by atoms with van der Waals surface area (Å²) >= 11 is 0. The molecule has 0 atom stereocenters. The van der Waals surface area contributed by atoms with Crippen molar-refractivity contribution in [1.82, 2.24) is 20.0 Å². The number of rotatable bonds is 2. The van der Waals surface area contributed by atoms with Gasteiger partial charge in [0.05, 0.1) is 17.9 Å². The summed E-state index contributed by atoms with van der Waals surface area (Å²) in [6.45, 7) is 5.28. The lowest BCUT2D eigenvalue weighted by atomic mass is 10.2. The Hall–Kier alpha value is -2.05. The van der Waals surface area contributed by atoms with E-state index in [0.29, 0.717) is 36.7 Å². The summed E-state index contributed by atoms with van der Waals surface area (Å²) < 4.78 is 1.58. The number of carbonyl (C=O) groups is 2. The largest absolute Gasteiger partial charge is 0.395 e. The SMILES string of the molecule is CCn1nc(C)c(N)c1C(=O)N1CCNC(=O)C1. The molecule has 0 aliphatic carbocycles. The highest BCUT2D eigenvalue weighted by atomic mass is 16.2. The second-order valence-corrected chi connectivity index (χ2v) is 4.24. The Kier molecular flexibility index (Phi) is 3.22. The zero-order valence-electron chi connectivity index (χ0n) is 10.6. The van der Waals surface area contributed by atoms with Gasteiger partial charge in [-0.1, -0.05) is 0 Å². The predicted molar refractivity (Wildman–Crippen MR) is 66.0 cm³/mol. The van der Waals surface area contributed by atoms with E-state index in [9.17, 15) is 9.59 Å². The van der Waals surface area contributed by atoms with E-state index >= 15 is 0 Å². The molecule has 1 aliphatic rings. The molecule has 0 aromatic carbocycles. The van der Waals surface area contributed by atoms with Gasteiger partial charge in [0.2, 0.25) is 5.91 Å². The second kappa shape index (κ2) is 4.67. The maximum atomic E-state index is 12.4. The van der Waals surface area contributed by atoms with Crippen LogP contribution < -0.4 is 11.1 Å². The maximum absolute atomic E-state index is 12.4. The van der Waals surface area contributed by atoms with Crippen LogP contribution in [0.5, 0.6) is 0 Å². The number of anilines is 1. The summed E-state index contributed by atoms with van der Waals surface area (Å²) in [4.78, 5) is 25.2. The number of nitrogens with two attached hydrogens (primary N) is 1. The molecule has 1 aromatic rings. The fraction of sp³-hybridized carbons (Fsp3) is 0.545. The first-order valence-electron chi connectivity index (χ1n) is 5.93. The summed E-state index contributed by atoms with van der Waals surface area (Å²) in [7, 11) is 0. The van der Waals surface area contributed by atoms with Crippen molar-refractivity contribution in [2.24, 2.45) is 0 Å². The summed E-state index contributed by atoms with van der Waals surface area (Å²) in [6, 6.07) is 0. The van der Waals surface area contributed by atoms with Gasteiger partial charge in [-0.05, 0) is 13.8 Å². The van der Waals surface area contributed by atoms with E-state index in [1.807, 2.05) is 6.92 Å². The van der Waals surface area contributed by atoms with Crippen LogP contribution in [0.3, 0.4) is 0 Å². The molecule has 2 rings (SSSR count). The quantitative estimate of drug-likeness (QED) is 0.731. The molecule has 0 unspecified atom stereocenters. The van der Waals surface area contributed by atoms with Crippen LogP contribution in [0.1, 0.15) is 23.1 Å². The van der Waals surface area contributed by atoms with Gasteiger partial charge in [-0.15, -0.1) is 0 Å². The lowest BCUT2D eigenvalue weighted by Gasteiger charge is -2.26. The molecule has 7 nitrogen and oxygen atoms in total. The molecule has 0 spiro atoms. The molecule has 1 aliphatic heterocycles. The Morgan fingerprint density at radius 3 is 2.89 bits per heavy atom. The van der Waals surface area contributed by atoms with Crippen molar-refractivity contribution in [2.45, 2.75) is 20.4 Å². The Balaban J connectivity index is 2.30. The molecule has 3 N–H and O–H groups in total. The van der Waals surface area contributed by atoms with Gasteiger partial charge in [0.15, 0.2) is 0 Å².